The topological polar surface area (TPSA) is 12.0 Å². The molecule has 2 aromatic heterocycles. The van der Waals surface area contributed by atoms with E-state index in [9.17, 15) is 0 Å². The molecule has 2 heterocycles. The van der Waals surface area contributed by atoms with Crippen LogP contribution in [-0.4, -0.2) is 7.05 Å². The van der Waals surface area contributed by atoms with Crippen molar-refractivity contribution in [1.82, 2.24) is 5.32 Å². The lowest BCUT2D eigenvalue weighted by Gasteiger charge is -1.93. The van der Waals surface area contributed by atoms with Crippen molar-refractivity contribution in [1.29, 1.82) is 0 Å². The third kappa shape index (κ3) is 2.08. The third-order valence-corrected chi connectivity index (χ3v) is 4.71. The number of thiophene rings is 2. The average molecular weight is 288 g/mol. The summed E-state index contributed by atoms with van der Waals surface area (Å²) in [5.41, 5.74) is 1.32. The first kappa shape index (κ1) is 10.4. The Morgan fingerprint density at radius 2 is 2.29 bits per heavy atom. The van der Waals surface area contributed by atoms with Crippen LogP contribution < -0.4 is 5.32 Å². The lowest BCUT2D eigenvalue weighted by molar-refractivity contribution is 0.832. The quantitative estimate of drug-likeness (QED) is 0.901. The first-order chi connectivity index (χ1) is 6.81. The van der Waals surface area contributed by atoms with E-state index in [-0.39, 0.29) is 0 Å². The van der Waals surface area contributed by atoms with Crippen molar-refractivity contribution in [3.8, 4) is 10.4 Å². The standard InChI is InChI=1S/C10H10BrNS2/c1-12-5-8-4-7(6-14-8)10-9(11)2-3-13-10/h2-4,6,12H,5H2,1H3. The van der Waals surface area contributed by atoms with E-state index < -0.39 is 0 Å². The summed E-state index contributed by atoms with van der Waals surface area (Å²) in [6, 6.07) is 4.34. The fraction of sp³-hybridized carbons (Fsp3) is 0.200. The van der Waals surface area contributed by atoms with Crippen molar-refractivity contribution in [2.24, 2.45) is 0 Å². The Bertz CT molecular complexity index is 419. The van der Waals surface area contributed by atoms with Gasteiger partial charge in [0.25, 0.3) is 0 Å². The van der Waals surface area contributed by atoms with Gasteiger partial charge >= 0.3 is 0 Å². The lowest BCUT2D eigenvalue weighted by Crippen LogP contribution is -2.02. The summed E-state index contributed by atoms with van der Waals surface area (Å²) >= 11 is 7.13. The van der Waals surface area contributed by atoms with Gasteiger partial charge in [-0.3, -0.25) is 0 Å². The smallest absolute Gasteiger partial charge is 0.0493 e. The summed E-state index contributed by atoms with van der Waals surface area (Å²) in [5, 5.41) is 7.48. The summed E-state index contributed by atoms with van der Waals surface area (Å²) in [4.78, 5) is 2.70. The van der Waals surface area contributed by atoms with Gasteiger partial charge in [0, 0.05) is 26.3 Å². The molecular weight excluding hydrogens is 278 g/mol. The van der Waals surface area contributed by atoms with Crippen LogP contribution in [0, 0.1) is 0 Å². The SMILES string of the molecule is CNCc1cc(-c2sccc2Br)cs1. The number of hydrogen-bond acceptors (Lipinski definition) is 3. The van der Waals surface area contributed by atoms with E-state index in [2.05, 4.69) is 44.1 Å². The van der Waals surface area contributed by atoms with Gasteiger partial charge in [-0.15, -0.1) is 22.7 Å². The van der Waals surface area contributed by atoms with Crippen LogP contribution in [0.15, 0.2) is 27.4 Å². The van der Waals surface area contributed by atoms with Gasteiger partial charge in [-0.25, -0.2) is 0 Å². The summed E-state index contributed by atoms with van der Waals surface area (Å²) in [6.45, 7) is 0.952. The van der Waals surface area contributed by atoms with Crippen molar-refractivity contribution < 1.29 is 0 Å². The van der Waals surface area contributed by atoms with Gasteiger partial charge in [0.05, 0.1) is 0 Å². The second-order valence-electron chi connectivity index (χ2n) is 2.93. The Labute approximate surface area is 99.9 Å². The minimum atomic E-state index is 0.952. The summed E-state index contributed by atoms with van der Waals surface area (Å²) in [7, 11) is 1.97. The molecule has 1 N–H and O–H groups in total. The van der Waals surface area contributed by atoms with Crippen LogP contribution in [0.25, 0.3) is 10.4 Å². The van der Waals surface area contributed by atoms with Crippen LogP contribution >= 0.6 is 38.6 Å². The Hall–Kier alpha value is -0.160. The summed E-state index contributed by atoms with van der Waals surface area (Å²) in [5.74, 6) is 0. The number of halogens is 1. The largest absolute Gasteiger partial charge is 0.315 e. The van der Waals surface area contributed by atoms with E-state index >= 15 is 0 Å². The zero-order chi connectivity index (χ0) is 9.97. The first-order valence-electron chi connectivity index (χ1n) is 4.26. The van der Waals surface area contributed by atoms with Gasteiger partial charge in [-0.1, -0.05) is 0 Å². The molecule has 0 aliphatic rings. The maximum Gasteiger partial charge on any atom is 0.0493 e. The third-order valence-electron chi connectivity index (χ3n) is 1.88. The van der Waals surface area contributed by atoms with Gasteiger partial charge in [0.2, 0.25) is 0 Å². The predicted molar refractivity (Wildman–Crippen MR) is 68.1 cm³/mol. The van der Waals surface area contributed by atoms with Gasteiger partial charge in [-0.2, -0.15) is 0 Å². The molecule has 0 fully saturated rings. The zero-order valence-corrected chi connectivity index (χ0v) is 10.9. The maximum atomic E-state index is 3.55. The van der Waals surface area contributed by atoms with Crippen molar-refractivity contribution in [3.63, 3.8) is 0 Å². The van der Waals surface area contributed by atoms with Gasteiger partial charge in [0.1, 0.15) is 0 Å². The van der Waals surface area contributed by atoms with Crippen LogP contribution in [0.1, 0.15) is 4.88 Å². The molecule has 2 rings (SSSR count). The zero-order valence-electron chi connectivity index (χ0n) is 7.71. The molecule has 2 aromatic rings. The second-order valence-corrected chi connectivity index (χ2v) is 5.70. The summed E-state index contributed by atoms with van der Waals surface area (Å²) in [6.07, 6.45) is 0. The van der Waals surface area contributed by atoms with Gasteiger partial charge in [-0.05, 0) is 45.9 Å². The molecule has 74 valence electrons. The Morgan fingerprint density at radius 1 is 1.43 bits per heavy atom. The minimum absolute atomic E-state index is 0.952. The molecule has 0 spiro atoms. The average Bonchev–Trinajstić information content (AvgIpc) is 2.74. The van der Waals surface area contributed by atoms with Crippen molar-refractivity contribution in [2.75, 3.05) is 7.05 Å². The molecule has 0 bridgehead atoms. The second kappa shape index (κ2) is 4.57. The van der Waals surface area contributed by atoms with E-state index in [1.165, 1.54) is 19.8 Å². The Balaban J connectivity index is 2.29. The highest BCUT2D eigenvalue weighted by Gasteiger charge is 2.06. The van der Waals surface area contributed by atoms with E-state index in [1.807, 2.05) is 7.05 Å². The highest BCUT2D eigenvalue weighted by atomic mass is 79.9. The molecule has 0 aliphatic heterocycles. The maximum absolute atomic E-state index is 3.55. The van der Waals surface area contributed by atoms with Crippen LogP contribution in [0.3, 0.4) is 0 Å². The molecule has 14 heavy (non-hydrogen) atoms. The van der Waals surface area contributed by atoms with E-state index in [4.69, 9.17) is 0 Å². The predicted octanol–water partition coefficient (Wildman–Crippen LogP) is 3.96. The van der Waals surface area contributed by atoms with Crippen LogP contribution in [0.5, 0.6) is 0 Å². The number of rotatable bonds is 3. The van der Waals surface area contributed by atoms with Crippen LogP contribution in [-0.2, 0) is 6.54 Å². The fourth-order valence-electron chi connectivity index (χ4n) is 1.27. The molecule has 0 radical (unpaired) electrons. The molecule has 0 aliphatic carbocycles. The van der Waals surface area contributed by atoms with Gasteiger partial charge < -0.3 is 5.32 Å². The fourth-order valence-corrected chi connectivity index (χ4v) is 3.82. The lowest BCUT2D eigenvalue weighted by atomic mass is 10.2. The highest BCUT2D eigenvalue weighted by Crippen LogP contribution is 2.35. The Kier molecular flexibility index (Phi) is 3.38. The minimum Gasteiger partial charge on any atom is -0.315 e. The number of hydrogen-bond donors (Lipinski definition) is 1. The van der Waals surface area contributed by atoms with Crippen LogP contribution in [0.2, 0.25) is 0 Å². The highest BCUT2D eigenvalue weighted by molar-refractivity contribution is 9.10. The summed E-state index contributed by atoms with van der Waals surface area (Å²) < 4.78 is 1.19. The van der Waals surface area contributed by atoms with Crippen molar-refractivity contribution in [2.45, 2.75) is 6.54 Å². The molecule has 0 saturated heterocycles. The monoisotopic (exact) mass is 287 g/mol. The van der Waals surface area contributed by atoms with Crippen molar-refractivity contribution >= 4 is 38.6 Å². The molecule has 0 atom stereocenters. The molecule has 0 amide bonds. The molecule has 0 saturated carbocycles. The van der Waals surface area contributed by atoms with Crippen LogP contribution in [0.4, 0.5) is 0 Å². The van der Waals surface area contributed by atoms with E-state index in [0.717, 1.165) is 6.54 Å². The molecule has 0 aromatic carbocycles. The first-order valence-corrected chi connectivity index (χ1v) is 6.82. The Morgan fingerprint density at radius 3 is 2.93 bits per heavy atom. The van der Waals surface area contributed by atoms with Crippen molar-refractivity contribution in [3.05, 3.63) is 32.2 Å². The normalized spacial score (nSPS) is 10.7. The van der Waals surface area contributed by atoms with E-state index in [1.54, 1.807) is 22.7 Å². The number of nitrogens with one attached hydrogen (secondary N) is 1. The van der Waals surface area contributed by atoms with Gasteiger partial charge in [0.15, 0.2) is 0 Å². The molecule has 1 nitrogen and oxygen atoms in total. The molecule has 4 heteroatoms. The molecular formula is C10H10BrNS2. The molecule has 0 unspecified atom stereocenters. The van der Waals surface area contributed by atoms with E-state index in [0.29, 0.717) is 0 Å².